The van der Waals surface area contributed by atoms with E-state index < -0.39 is 17.7 Å². The highest BCUT2D eigenvalue weighted by molar-refractivity contribution is 5.95. The number of halogens is 3. The summed E-state index contributed by atoms with van der Waals surface area (Å²) >= 11 is 0. The number of anilines is 1. The van der Waals surface area contributed by atoms with Crippen molar-refractivity contribution in [2.24, 2.45) is 0 Å². The van der Waals surface area contributed by atoms with Crippen molar-refractivity contribution < 1.29 is 37.8 Å². The smallest absolute Gasteiger partial charge is 0.475 e. The molecule has 0 atom stereocenters. The first kappa shape index (κ1) is 29.8. The average Bonchev–Trinajstić information content (AvgIpc) is 3.33. The summed E-state index contributed by atoms with van der Waals surface area (Å²) in [5, 5.41) is 21.0. The summed E-state index contributed by atoms with van der Waals surface area (Å²) < 4.78 is 31.7. The van der Waals surface area contributed by atoms with Crippen LogP contribution in [0.25, 0.3) is 0 Å². The van der Waals surface area contributed by atoms with E-state index in [0.29, 0.717) is 63.2 Å². The zero-order valence-electron chi connectivity index (χ0n) is 21.4. The number of aliphatic carboxylic acids is 1. The van der Waals surface area contributed by atoms with Crippen molar-refractivity contribution in [2.75, 3.05) is 25.4 Å². The molecule has 2 aromatic rings. The highest BCUT2D eigenvalue weighted by atomic mass is 19.4. The number of nitrogens with one attached hydrogen (secondary N) is 1. The van der Waals surface area contributed by atoms with Gasteiger partial charge in [0.2, 0.25) is 0 Å². The van der Waals surface area contributed by atoms with Crippen LogP contribution in [-0.4, -0.2) is 69.3 Å². The zero-order valence-corrected chi connectivity index (χ0v) is 21.4. The molecule has 0 saturated carbocycles. The van der Waals surface area contributed by atoms with Gasteiger partial charge in [-0.15, -0.1) is 0 Å². The largest absolute Gasteiger partial charge is 0.490 e. The number of piperidine rings is 1. The summed E-state index contributed by atoms with van der Waals surface area (Å²) in [5.74, 6) is -2.79. The lowest BCUT2D eigenvalue weighted by Crippen LogP contribution is -2.46. The third kappa shape index (κ3) is 8.60. The van der Waals surface area contributed by atoms with Gasteiger partial charge in [-0.2, -0.15) is 13.2 Å². The van der Waals surface area contributed by atoms with E-state index in [-0.39, 0.29) is 11.9 Å². The van der Waals surface area contributed by atoms with Crippen molar-refractivity contribution in [1.29, 1.82) is 0 Å². The van der Waals surface area contributed by atoms with Gasteiger partial charge in [-0.1, -0.05) is 30.3 Å². The number of nitrogens with zero attached hydrogens (tertiary/aromatic N) is 2. The highest BCUT2D eigenvalue weighted by Gasteiger charge is 2.38. The molecule has 212 valence electrons. The van der Waals surface area contributed by atoms with Gasteiger partial charge in [-0.3, -0.25) is 4.79 Å². The van der Waals surface area contributed by atoms with E-state index in [1.165, 1.54) is 11.1 Å². The van der Waals surface area contributed by atoms with E-state index in [4.69, 9.17) is 15.6 Å². The predicted octanol–water partition coefficient (Wildman–Crippen LogP) is 3.76. The lowest BCUT2D eigenvalue weighted by Gasteiger charge is -2.38. The molecule has 2 heterocycles. The van der Waals surface area contributed by atoms with Gasteiger partial charge in [-0.25, -0.2) is 9.59 Å². The number of likely N-dealkylation sites (tertiary alicyclic amines) is 1. The van der Waals surface area contributed by atoms with Gasteiger partial charge in [0.25, 0.3) is 5.91 Å². The molecule has 4 rings (SSSR count). The maximum Gasteiger partial charge on any atom is 0.490 e. The fourth-order valence-electron chi connectivity index (χ4n) is 4.59. The number of carbonyl (C=O) groups excluding carboxylic acids is 2. The molecule has 2 aromatic carbocycles. The number of fused-ring (bicyclic) bond motifs is 1. The average molecular weight is 551 g/mol. The Balaban J connectivity index is 0.000000532. The van der Waals surface area contributed by atoms with E-state index in [1.54, 1.807) is 29.2 Å². The Labute approximate surface area is 224 Å². The Kier molecular flexibility index (Phi) is 9.79. The van der Waals surface area contributed by atoms with Gasteiger partial charge in [-0.05, 0) is 61.4 Å². The van der Waals surface area contributed by atoms with Crippen LogP contribution >= 0.6 is 0 Å². The molecule has 0 unspecified atom stereocenters. The van der Waals surface area contributed by atoms with Gasteiger partial charge in [0, 0.05) is 44.0 Å². The van der Waals surface area contributed by atoms with Gasteiger partial charge >= 0.3 is 18.2 Å². The highest BCUT2D eigenvalue weighted by Crippen LogP contribution is 2.28. The number of carboxylic acids is 1. The van der Waals surface area contributed by atoms with Crippen LogP contribution < -0.4 is 11.1 Å². The number of aliphatic hydroxyl groups is 1. The minimum Gasteiger partial charge on any atom is -0.475 e. The van der Waals surface area contributed by atoms with E-state index >= 15 is 0 Å². The number of hydrogen-bond acceptors (Lipinski definition) is 5. The molecule has 1 saturated heterocycles. The molecule has 9 nitrogen and oxygen atoms in total. The van der Waals surface area contributed by atoms with Crippen LogP contribution in [0.4, 0.5) is 23.7 Å². The van der Waals surface area contributed by atoms with Crippen molar-refractivity contribution in [3.63, 3.8) is 0 Å². The molecule has 0 radical (unpaired) electrons. The summed E-state index contributed by atoms with van der Waals surface area (Å²) in [4.78, 5) is 37.6. The second kappa shape index (κ2) is 12.8. The second-order valence-corrected chi connectivity index (χ2v) is 9.76. The first-order valence-corrected chi connectivity index (χ1v) is 12.6. The van der Waals surface area contributed by atoms with E-state index in [2.05, 4.69) is 17.4 Å². The molecule has 3 amide bonds. The maximum atomic E-state index is 12.7. The SMILES string of the molecule is Nc1cccc(C(=O)N2CCC(O)(CCCCNC(=O)N3Cc4ccccc4C3)CC2)c1.O=C(O)C(F)(F)F. The first-order chi connectivity index (χ1) is 18.4. The normalized spacial score (nSPS) is 16.1. The Morgan fingerprint density at radius 1 is 0.949 bits per heavy atom. The Hall–Kier alpha value is -3.80. The number of nitrogen functional groups attached to an aromatic ring is 1. The predicted molar refractivity (Wildman–Crippen MR) is 138 cm³/mol. The van der Waals surface area contributed by atoms with Crippen LogP contribution in [0, 0.1) is 0 Å². The second-order valence-electron chi connectivity index (χ2n) is 9.76. The number of nitrogens with two attached hydrogens (primary N) is 1. The number of amides is 3. The van der Waals surface area contributed by atoms with Gasteiger partial charge in [0.1, 0.15) is 0 Å². The quantitative estimate of drug-likeness (QED) is 0.319. The van der Waals surface area contributed by atoms with Gasteiger partial charge in [0.05, 0.1) is 5.60 Å². The summed E-state index contributed by atoms with van der Waals surface area (Å²) in [6.45, 7) is 2.99. The summed E-state index contributed by atoms with van der Waals surface area (Å²) in [6.07, 6.45) is -1.61. The molecule has 0 bridgehead atoms. The minimum atomic E-state index is -5.08. The van der Waals surface area contributed by atoms with Crippen molar-refractivity contribution in [3.05, 3.63) is 65.2 Å². The number of benzene rings is 2. The number of carboxylic acid groups (broad SMARTS) is 1. The van der Waals surface area contributed by atoms with Crippen molar-refractivity contribution in [3.8, 4) is 0 Å². The zero-order chi connectivity index (χ0) is 28.6. The standard InChI is InChI=1S/C25H32N4O3.C2HF3O2/c26-22-9-5-8-19(16-22)23(30)28-14-11-25(32,12-15-28)10-3-4-13-27-24(31)29-17-20-6-1-2-7-21(20)18-29;3-2(4,5)1(6)7/h1-2,5-9,16,32H,3-4,10-15,17-18,26H2,(H,27,31);(H,6,7). The lowest BCUT2D eigenvalue weighted by molar-refractivity contribution is -0.192. The molecular weight excluding hydrogens is 517 g/mol. The van der Waals surface area contributed by atoms with Crippen molar-refractivity contribution >= 4 is 23.6 Å². The Morgan fingerprint density at radius 3 is 2.08 bits per heavy atom. The molecule has 12 heteroatoms. The first-order valence-electron chi connectivity index (χ1n) is 12.6. The number of urea groups is 1. The van der Waals surface area contributed by atoms with E-state index in [9.17, 15) is 27.9 Å². The molecule has 1 fully saturated rings. The Morgan fingerprint density at radius 2 is 1.54 bits per heavy atom. The fraction of sp³-hybridized carbons (Fsp3) is 0.444. The molecule has 5 N–H and O–H groups in total. The molecule has 2 aliphatic heterocycles. The van der Waals surface area contributed by atoms with Crippen LogP contribution in [0.2, 0.25) is 0 Å². The molecule has 39 heavy (non-hydrogen) atoms. The molecule has 0 aromatic heterocycles. The van der Waals surface area contributed by atoms with Crippen molar-refractivity contribution in [1.82, 2.24) is 15.1 Å². The molecule has 0 aliphatic carbocycles. The van der Waals surface area contributed by atoms with Crippen molar-refractivity contribution in [2.45, 2.75) is 57.0 Å². The number of carbonyl (C=O) groups is 3. The monoisotopic (exact) mass is 550 g/mol. The van der Waals surface area contributed by atoms with Crippen LogP contribution in [0.3, 0.4) is 0 Å². The Bertz CT molecular complexity index is 1140. The summed E-state index contributed by atoms with van der Waals surface area (Å²) in [5.41, 5.74) is 8.63. The fourth-order valence-corrected chi connectivity index (χ4v) is 4.59. The third-order valence-electron chi connectivity index (χ3n) is 6.83. The minimum absolute atomic E-state index is 0.0340. The number of unbranched alkanes of at least 4 members (excludes halogenated alkanes) is 1. The topological polar surface area (TPSA) is 136 Å². The van der Waals surface area contributed by atoms with Crippen LogP contribution in [0.15, 0.2) is 48.5 Å². The summed E-state index contributed by atoms with van der Waals surface area (Å²) in [6, 6.07) is 15.1. The van der Waals surface area contributed by atoms with Crippen LogP contribution in [-0.2, 0) is 17.9 Å². The third-order valence-corrected chi connectivity index (χ3v) is 6.83. The van der Waals surface area contributed by atoms with Crippen LogP contribution in [0.5, 0.6) is 0 Å². The van der Waals surface area contributed by atoms with Crippen LogP contribution in [0.1, 0.15) is 53.6 Å². The molecule has 0 spiro atoms. The number of rotatable bonds is 6. The van der Waals surface area contributed by atoms with E-state index in [0.717, 1.165) is 12.8 Å². The lowest BCUT2D eigenvalue weighted by atomic mass is 9.86. The maximum absolute atomic E-state index is 12.7. The molecular formula is C27H33F3N4O5. The number of alkyl halides is 3. The van der Waals surface area contributed by atoms with Gasteiger partial charge in [0.15, 0.2) is 0 Å². The van der Waals surface area contributed by atoms with E-state index in [1.807, 2.05) is 17.0 Å². The van der Waals surface area contributed by atoms with Gasteiger partial charge < -0.3 is 31.1 Å². The molecule has 2 aliphatic rings. The number of hydrogen-bond donors (Lipinski definition) is 4. The summed E-state index contributed by atoms with van der Waals surface area (Å²) in [7, 11) is 0.